The van der Waals surface area contributed by atoms with Gasteiger partial charge in [-0.2, -0.15) is 0 Å². The van der Waals surface area contributed by atoms with E-state index in [1.165, 1.54) is 4.90 Å². The summed E-state index contributed by atoms with van der Waals surface area (Å²) in [7, 11) is 0. The fourth-order valence-electron chi connectivity index (χ4n) is 2.59. The monoisotopic (exact) mass is 276 g/mol. The molecule has 1 fully saturated rings. The lowest BCUT2D eigenvalue weighted by molar-refractivity contribution is -0.148. The zero-order valence-electron chi connectivity index (χ0n) is 11.4. The number of likely N-dealkylation sites (tertiary alicyclic amines) is 1. The first-order valence-electron chi connectivity index (χ1n) is 6.92. The highest BCUT2D eigenvalue weighted by molar-refractivity contribution is 5.87. The topological polar surface area (TPSA) is 83.6 Å². The molecule has 1 saturated heterocycles. The van der Waals surface area contributed by atoms with E-state index in [-0.39, 0.29) is 5.91 Å². The zero-order valence-corrected chi connectivity index (χ0v) is 11.4. The van der Waals surface area contributed by atoms with Gasteiger partial charge in [0.15, 0.2) is 0 Å². The van der Waals surface area contributed by atoms with Crippen LogP contribution in [0.2, 0.25) is 0 Å². The van der Waals surface area contributed by atoms with Crippen molar-refractivity contribution in [3.63, 3.8) is 0 Å². The van der Waals surface area contributed by atoms with Gasteiger partial charge in [0, 0.05) is 6.54 Å². The summed E-state index contributed by atoms with van der Waals surface area (Å²) in [5, 5.41) is 9.09. The van der Waals surface area contributed by atoms with Gasteiger partial charge in [-0.25, -0.2) is 4.79 Å². The number of hydrogen-bond donors (Lipinski definition) is 2. The lowest BCUT2D eigenvalue weighted by atomic mass is 10.0. The molecule has 5 nitrogen and oxygen atoms in total. The number of amides is 1. The van der Waals surface area contributed by atoms with E-state index in [4.69, 9.17) is 10.8 Å². The fourth-order valence-corrected chi connectivity index (χ4v) is 2.59. The first-order chi connectivity index (χ1) is 9.59. The molecule has 1 heterocycles. The molecule has 1 unspecified atom stereocenters. The van der Waals surface area contributed by atoms with E-state index in [2.05, 4.69) is 0 Å². The van der Waals surface area contributed by atoms with E-state index in [9.17, 15) is 9.59 Å². The molecular weight excluding hydrogens is 256 g/mol. The summed E-state index contributed by atoms with van der Waals surface area (Å²) in [6.45, 7) is 0.495. The van der Waals surface area contributed by atoms with Crippen LogP contribution >= 0.6 is 0 Å². The Labute approximate surface area is 118 Å². The summed E-state index contributed by atoms with van der Waals surface area (Å²) in [6, 6.07) is 8.49. The number of hydrogen-bond acceptors (Lipinski definition) is 3. The normalized spacial score (nSPS) is 19.9. The second-order valence-electron chi connectivity index (χ2n) is 5.16. The molecule has 20 heavy (non-hydrogen) atoms. The molecule has 0 aromatic heterocycles. The second kappa shape index (κ2) is 6.52. The fraction of sp³-hybridized carbons (Fsp3) is 0.467. The molecule has 2 atom stereocenters. The minimum atomic E-state index is -0.939. The average molecular weight is 276 g/mol. The van der Waals surface area contributed by atoms with Crippen molar-refractivity contribution in [1.82, 2.24) is 4.90 Å². The van der Waals surface area contributed by atoms with Crippen molar-refractivity contribution in [3.8, 4) is 0 Å². The standard InChI is InChI=1S/C15H20N2O3/c16-12(9-8-11-5-2-1-3-6-11)14(18)17-10-4-7-13(17)15(19)20/h1-3,5-6,12-13H,4,7-10,16H2,(H,19,20)/t12?,13-/m0/s1. The van der Waals surface area contributed by atoms with Crippen molar-refractivity contribution >= 4 is 11.9 Å². The van der Waals surface area contributed by atoms with Gasteiger partial charge in [0.1, 0.15) is 6.04 Å². The summed E-state index contributed by atoms with van der Waals surface area (Å²) in [5.74, 6) is -1.18. The van der Waals surface area contributed by atoms with Crippen LogP contribution in [0, 0.1) is 0 Å². The number of nitrogens with zero attached hydrogens (tertiary/aromatic N) is 1. The molecule has 1 aliphatic heterocycles. The van der Waals surface area contributed by atoms with Gasteiger partial charge in [0.2, 0.25) is 5.91 Å². The lowest BCUT2D eigenvalue weighted by Gasteiger charge is -2.24. The van der Waals surface area contributed by atoms with Crippen molar-refractivity contribution in [2.45, 2.75) is 37.8 Å². The predicted octanol–water partition coefficient (Wildman–Crippen LogP) is 1.02. The minimum absolute atomic E-state index is 0.245. The van der Waals surface area contributed by atoms with E-state index in [0.29, 0.717) is 19.4 Å². The number of nitrogens with two attached hydrogens (primary N) is 1. The molecule has 0 spiro atoms. The van der Waals surface area contributed by atoms with Crippen molar-refractivity contribution in [2.75, 3.05) is 6.54 Å². The van der Waals surface area contributed by atoms with E-state index in [0.717, 1.165) is 18.4 Å². The highest BCUT2D eigenvalue weighted by Crippen LogP contribution is 2.19. The van der Waals surface area contributed by atoms with Crippen LogP contribution in [0.4, 0.5) is 0 Å². The van der Waals surface area contributed by atoms with E-state index < -0.39 is 18.1 Å². The van der Waals surface area contributed by atoms with Crippen LogP contribution in [-0.2, 0) is 16.0 Å². The predicted molar refractivity (Wildman–Crippen MR) is 75.1 cm³/mol. The number of aliphatic carboxylic acids is 1. The first-order valence-corrected chi connectivity index (χ1v) is 6.92. The molecule has 0 radical (unpaired) electrons. The molecule has 0 bridgehead atoms. The molecule has 0 saturated carbocycles. The number of benzene rings is 1. The number of aryl methyl sites for hydroxylation is 1. The van der Waals surface area contributed by atoms with Gasteiger partial charge in [-0.15, -0.1) is 0 Å². The quantitative estimate of drug-likeness (QED) is 0.841. The number of rotatable bonds is 5. The third-order valence-corrected chi connectivity index (χ3v) is 3.72. The third-order valence-electron chi connectivity index (χ3n) is 3.72. The average Bonchev–Trinajstić information content (AvgIpc) is 2.94. The Hall–Kier alpha value is -1.88. The van der Waals surface area contributed by atoms with Crippen LogP contribution in [0.1, 0.15) is 24.8 Å². The Balaban J connectivity index is 1.90. The Bertz CT molecular complexity index is 475. The molecule has 1 aromatic carbocycles. The molecule has 108 valence electrons. The Morgan fingerprint density at radius 1 is 1.35 bits per heavy atom. The Kier molecular flexibility index (Phi) is 4.74. The summed E-state index contributed by atoms with van der Waals surface area (Å²) < 4.78 is 0. The van der Waals surface area contributed by atoms with Crippen LogP contribution in [0.3, 0.4) is 0 Å². The van der Waals surface area contributed by atoms with Crippen LogP contribution in [0.15, 0.2) is 30.3 Å². The third kappa shape index (κ3) is 3.36. The summed E-state index contributed by atoms with van der Waals surface area (Å²) in [6.07, 6.45) is 2.51. The number of carbonyl (C=O) groups is 2. The van der Waals surface area contributed by atoms with Crippen LogP contribution < -0.4 is 5.73 Å². The molecule has 1 aliphatic rings. The zero-order chi connectivity index (χ0) is 14.5. The Morgan fingerprint density at radius 3 is 2.70 bits per heavy atom. The van der Waals surface area contributed by atoms with Gasteiger partial charge >= 0.3 is 5.97 Å². The van der Waals surface area contributed by atoms with E-state index in [1.807, 2.05) is 30.3 Å². The molecule has 5 heteroatoms. The minimum Gasteiger partial charge on any atom is -0.480 e. The maximum absolute atomic E-state index is 12.2. The van der Waals surface area contributed by atoms with Gasteiger partial charge in [-0.05, 0) is 31.2 Å². The van der Waals surface area contributed by atoms with Crippen LogP contribution in [0.5, 0.6) is 0 Å². The second-order valence-corrected chi connectivity index (χ2v) is 5.16. The van der Waals surface area contributed by atoms with Crippen LogP contribution in [-0.4, -0.2) is 40.5 Å². The van der Waals surface area contributed by atoms with E-state index in [1.54, 1.807) is 0 Å². The van der Waals surface area contributed by atoms with Crippen molar-refractivity contribution in [2.24, 2.45) is 5.73 Å². The SMILES string of the molecule is NC(CCc1ccccc1)C(=O)N1CCC[C@H]1C(=O)O. The summed E-state index contributed by atoms with van der Waals surface area (Å²) >= 11 is 0. The molecular formula is C15H20N2O3. The summed E-state index contributed by atoms with van der Waals surface area (Å²) in [4.78, 5) is 24.7. The smallest absolute Gasteiger partial charge is 0.326 e. The summed E-state index contributed by atoms with van der Waals surface area (Å²) in [5.41, 5.74) is 7.05. The first kappa shape index (κ1) is 14.5. The number of carboxylic acid groups (broad SMARTS) is 1. The number of carboxylic acids is 1. The molecule has 1 aromatic rings. The van der Waals surface area contributed by atoms with Gasteiger partial charge < -0.3 is 15.7 Å². The molecule has 2 rings (SSSR count). The molecule has 1 amide bonds. The maximum atomic E-state index is 12.2. The molecule has 0 aliphatic carbocycles. The van der Waals surface area contributed by atoms with Crippen LogP contribution in [0.25, 0.3) is 0 Å². The maximum Gasteiger partial charge on any atom is 0.326 e. The van der Waals surface area contributed by atoms with Gasteiger partial charge in [0.25, 0.3) is 0 Å². The van der Waals surface area contributed by atoms with Gasteiger partial charge in [-0.3, -0.25) is 4.79 Å². The highest BCUT2D eigenvalue weighted by Gasteiger charge is 2.35. The lowest BCUT2D eigenvalue weighted by Crippen LogP contribution is -2.48. The largest absolute Gasteiger partial charge is 0.480 e. The Morgan fingerprint density at radius 2 is 2.05 bits per heavy atom. The van der Waals surface area contributed by atoms with Gasteiger partial charge in [0.05, 0.1) is 6.04 Å². The van der Waals surface area contributed by atoms with Crippen molar-refractivity contribution in [1.29, 1.82) is 0 Å². The van der Waals surface area contributed by atoms with Gasteiger partial charge in [-0.1, -0.05) is 30.3 Å². The van der Waals surface area contributed by atoms with Crippen molar-refractivity contribution < 1.29 is 14.7 Å². The number of carbonyl (C=O) groups excluding carboxylic acids is 1. The van der Waals surface area contributed by atoms with Crippen molar-refractivity contribution in [3.05, 3.63) is 35.9 Å². The molecule has 3 N–H and O–H groups in total. The van der Waals surface area contributed by atoms with E-state index >= 15 is 0 Å². The highest BCUT2D eigenvalue weighted by atomic mass is 16.4.